The second-order valence-electron chi connectivity index (χ2n) is 6.95. The lowest BCUT2D eigenvalue weighted by molar-refractivity contribution is 0.0696. The predicted molar refractivity (Wildman–Crippen MR) is 107 cm³/mol. The molecule has 0 saturated heterocycles. The van der Waals surface area contributed by atoms with Gasteiger partial charge in [0.15, 0.2) is 0 Å². The van der Waals surface area contributed by atoms with Crippen molar-refractivity contribution < 1.29 is 19.5 Å². The van der Waals surface area contributed by atoms with E-state index in [0.29, 0.717) is 35.7 Å². The number of hydrogen-bond acceptors (Lipinski definition) is 4. The molecule has 4 rings (SSSR count). The first kappa shape index (κ1) is 18.7. The highest BCUT2D eigenvalue weighted by atomic mass is 16.4. The fourth-order valence-corrected chi connectivity index (χ4v) is 3.44. The second kappa shape index (κ2) is 7.75. The van der Waals surface area contributed by atoms with Crippen LogP contribution in [0.4, 0.5) is 5.95 Å². The summed E-state index contributed by atoms with van der Waals surface area (Å²) in [6.45, 7) is 1.18. The Labute approximate surface area is 166 Å². The van der Waals surface area contributed by atoms with Gasteiger partial charge in [-0.1, -0.05) is 6.07 Å². The highest BCUT2D eigenvalue weighted by Crippen LogP contribution is 2.23. The first-order valence-corrected chi connectivity index (χ1v) is 9.46. The van der Waals surface area contributed by atoms with Crippen LogP contribution in [-0.4, -0.2) is 39.0 Å². The van der Waals surface area contributed by atoms with Crippen LogP contribution in [0.15, 0.2) is 42.5 Å². The zero-order valence-corrected chi connectivity index (χ0v) is 15.6. The van der Waals surface area contributed by atoms with Gasteiger partial charge in [-0.3, -0.25) is 14.9 Å². The van der Waals surface area contributed by atoms with Gasteiger partial charge in [-0.15, -0.1) is 0 Å². The maximum atomic E-state index is 12.8. The number of aromatic nitrogens is 2. The van der Waals surface area contributed by atoms with Gasteiger partial charge in [0.25, 0.3) is 11.8 Å². The number of nitrogens with zero attached hydrogens (tertiary/aromatic N) is 2. The summed E-state index contributed by atoms with van der Waals surface area (Å²) < 4.78 is 1.90. The molecule has 0 spiro atoms. The summed E-state index contributed by atoms with van der Waals surface area (Å²) in [4.78, 5) is 40.8. The molecule has 0 fully saturated rings. The molecule has 0 aliphatic carbocycles. The predicted octanol–water partition coefficient (Wildman–Crippen LogP) is 2.90. The van der Waals surface area contributed by atoms with E-state index < -0.39 is 5.97 Å². The van der Waals surface area contributed by atoms with Crippen molar-refractivity contribution in [1.82, 2.24) is 14.9 Å². The van der Waals surface area contributed by atoms with Crippen LogP contribution in [0.25, 0.3) is 11.0 Å². The van der Waals surface area contributed by atoms with Crippen LogP contribution in [0.3, 0.4) is 0 Å². The van der Waals surface area contributed by atoms with Crippen LogP contribution in [0.1, 0.15) is 50.3 Å². The van der Waals surface area contributed by atoms with Gasteiger partial charge in [-0.25, -0.2) is 9.78 Å². The minimum atomic E-state index is -1.03. The summed E-state index contributed by atoms with van der Waals surface area (Å²) in [7, 11) is 0. The molecule has 2 bridgehead atoms. The molecule has 3 N–H and O–H groups in total. The van der Waals surface area contributed by atoms with Crippen LogP contribution < -0.4 is 10.6 Å². The first-order valence-electron chi connectivity index (χ1n) is 9.46. The number of imidazole rings is 1. The number of rotatable bonds is 1. The maximum absolute atomic E-state index is 12.8. The van der Waals surface area contributed by atoms with Crippen LogP contribution in [0, 0.1) is 0 Å². The van der Waals surface area contributed by atoms with Crippen LogP contribution in [0.2, 0.25) is 0 Å². The molecule has 2 aromatic carbocycles. The van der Waals surface area contributed by atoms with Crippen LogP contribution in [0.5, 0.6) is 0 Å². The van der Waals surface area contributed by atoms with Crippen LogP contribution >= 0.6 is 0 Å². The zero-order valence-electron chi connectivity index (χ0n) is 15.6. The van der Waals surface area contributed by atoms with Gasteiger partial charge in [0.2, 0.25) is 5.95 Å². The Morgan fingerprint density at radius 2 is 1.79 bits per heavy atom. The molecule has 2 amide bonds. The lowest BCUT2D eigenvalue weighted by Crippen LogP contribution is -2.25. The van der Waals surface area contributed by atoms with Gasteiger partial charge in [0.05, 0.1) is 16.6 Å². The number of benzene rings is 2. The molecule has 1 aliphatic heterocycles. The fourth-order valence-electron chi connectivity index (χ4n) is 3.44. The first-order chi connectivity index (χ1) is 14.0. The van der Waals surface area contributed by atoms with E-state index in [2.05, 4.69) is 15.6 Å². The maximum Gasteiger partial charge on any atom is 0.335 e. The number of carbonyl (C=O) groups excluding carboxylic acids is 2. The molecule has 0 saturated carbocycles. The molecule has 0 atom stereocenters. The number of nitrogens with one attached hydrogen (secondary N) is 2. The van der Waals surface area contributed by atoms with E-state index >= 15 is 0 Å². The summed E-state index contributed by atoms with van der Waals surface area (Å²) in [5.41, 5.74) is 2.19. The van der Waals surface area contributed by atoms with Crippen molar-refractivity contribution >= 4 is 34.8 Å². The number of carboxylic acid groups (broad SMARTS) is 1. The van der Waals surface area contributed by atoms with Gasteiger partial charge in [-0.2, -0.15) is 0 Å². The van der Waals surface area contributed by atoms with Gasteiger partial charge >= 0.3 is 5.97 Å². The molecule has 148 valence electrons. The summed E-state index contributed by atoms with van der Waals surface area (Å²) in [6.07, 6.45) is 2.56. The van der Waals surface area contributed by atoms with E-state index in [1.54, 1.807) is 30.3 Å². The van der Waals surface area contributed by atoms with E-state index in [1.165, 1.54) is 12.1 Å². The molecule has 8 nitrogen and oxygen atoms in total. The van der Waals surface area contributed by atoms with E-state index in [1.807, 2.05) is 4.57 Å². The molecule has 8 heteroatoms. The monoisotopic (exact) mass is 392 g/mol. The number of amides is 2. The normalized spacial score (nSPS) is 15.2. The molecule has 0 radical (unpaired) electrons. The molecule has 29 heavy (non-hydrogen) atoms. The third-order valence-electron chi connectivity index (χ3n) is 4.95. The summed E-state index contributed by atoms with van der Waals surface area (Å²) in [5, 5.41) is 14.9. The van der Waals surface area contributed by atoms with Crippen molar-refractivity contribution in [3.8, 4) is 0 Å². The SMILES string of the molecule is O=C(O)c1ccc2c(c1)nc1n2CCCCCNC(=O)c2cccc(c2)C(=O)N1. The molecular formula is C21H20N4O4. The number of fused-ring (bicyclic) bond motifs is 5. The lowest BCUT2D eigenvalue weighted by Gasteiger charge is -2.12. The average molecular weight is 392 g/mol. The van der Waals surface area contributed by atoms with Gasteiger partial charge in [-0.05, 0) is 55.7 Å². The van der Waals surface area contributed by atoms with E-state index in [4.69, 9.17) is 0 Å². The standard InChI is InChI=1S/C21H20N4O4/c26-18-13-5-4-6-14(11-13)19(27)24-21-23-16-12-15(20(28)29)7-8-17(16)25(21)10-3-1-2-9-22-18/h4-8,11-12H,1-3,9-10H2,(H,22,26)(H,28,29)(H,23,24,27). The molecule has 0 unspecified atom stereocenters. The number of hydrogen-bond donors (Lipinski definition) is 3. The molecule has 1 aromatic heterocycles. The zero-order chi connectivity index (χ0) is 20.4. The number of aryl methyl sites for hydroxylation is 1. The number of anilines is 1. The summed E-state index contributed by atoms with van der Waals surface area (Å²) in [6, 6.07) is 11.3. The second-order valence-corrected chi connectivity index (χ2v) is 6.95. The fraction of sp³-hybridized carbons (Fsp3) is 0.238. The minimum absolute atomic E-state index is 0.142. The Bertz CT molecular complexity index is 1120. The van der Waals surface area contributed by atoms with Crippen molar-refractivity contribution in [2.45, 2.75) is 25.8 Å². The highest BCUT2D eigenvalue weighted by molar-refractivity contribution is 6.06. The van der Waals surface area contributed by atoms with E-state index in [9.17, 15) is 19.5 Å². The lowest BCUT2D eigenvalue weighted by atomic mass is 10.1. The number of aromatic carboxylic acids is 1. The van der Waals surface area contributed by atoms with E-state index in [-0.39, 0.29) is 17.4 Å². The minimum Gasteiger partial charge on any atom is -0.478 e. The Morgan fingerprint density at radius 3 is 2.59 bits per heavy atom. The van der Waals surface area contributed by atoms with Crippen molar-refractivity contribution in [1.29, 1.82) is 0 Å². The van der Waals surface area contributed by atoms with Crippen molar-refractivity contribution in [3.05, 3.63) is 59.2 Å². The highest BCUT2D eigenvalue weighted by Gasteiger charge is 2.17. The average Bonchev–Trinajstić information content (AvgIpc) is 3.06. The third-order valence-corrected chi connectivity index (χ3v) is 4.95. The topological polar surface area (TPSA) is 113 Å². The molecular weight excluding hydrogens is 372 g/mol. The molecule has 1 aliphatic rings. The largest absolute Gasteiger partial charge is 0.478 e. The Kier molecular flexibility index (Phi) is 4.99. The summed E-state index contributed by atoms with van der Waals surface area (Å²) in [5.74, 6) is -1.25. The van der Waals surface area contributed by atoms with E-state index in [0.717, 1.165) is 24.8 Å². The van der Waals surface area contributed by atoms with Crippen molar-refractivity contribution in [2.75, 3.05) is 11.9 Å². The van der Waals surface area contributed by atoms with Crippen molar-refractivity contribution in [3.63, 3.8) is 0 Å². The van der Waals surface area contributed by atoms with Gasteiger partial charge < -0.3 is 15.0 Å². The summed E-state index contributed by atoms with van der Waals surface area (Å²) >= 11 is 0. The third kappa shape index (κ3) is 3.82. The Morgan fingerprint density at radius 1 is 1.00 bits per heavy atom. The molecule has 3 aromatic rings. The smallest absolute Gasteiger partial charge is 0.335 e. The van der Waals surface area contributed by atoms with Crippen LogP contribution in [-0.2, 0) is 6.54 Å². The Balaban J connectivity index is 1.76. The number of carbonyl (C=O) groups is 3. The van der Waals surface area contributed by atoms with Gasteiger partial charge in [0.1, 0.15) is 0 Å². The molecule has 2 heterocycles. The number of carboxylic acids is 1. The van der Waals surface area contributed by atoms with Crippen molar-refractivity contribution in [2.24, 2.45) is 0 Å². The quantitative estimate of drug-likeness (QED) is 0.589. The van der Waals surface area contributed by atoms with Gasteiger partial charge in [0, 0.05) is 24.2 Å². The Hall–Kier alpha value is -3.68.